The number of Topliss-reactive ketones (excluding diaryl/α,β-unsaturated/α-hetero) is 4. The summed E-state index contributed by atoms with van der Waals surface area (Å²) < 4.78 is 18.0. The van der Waals surface area contributed by atoms with Gasteiger partial charge in [-0.2, -0.15) is 0 Å². The molecular formula is C53H70N2O11. The van der Waals surface area contributed by atoms with Crippen LogP contribution in [0.2, 0.25) is 0 Å². The Bertz CT molecular complexity index is 2070. The number of hydrogen-bond acceptors (Lipinski definition) is 13. The second-order valence-corrected chi connectivity index (χ2v) is 19.3. The van der Waals surface area contributed by atoms with Crippen LogP contribution in [-0.4, -0.2) is 117 Å². The Balaban J connectivity index is 1.30. The Morgan fingerprint density at radius 3 is 0.939 bits per heavy atom. The van der Waals surface area contributed by atoms with Crippen LogP contribution in [0.25, 0.3) is 0 Å². The number of benzene rings is 4. The predicted octanol–water partition coefficient (Wildman–Crippen LogP) is 6.77. The topological polar surface area (TPSA) is 201 Å². The fraction of sp³-hybridized carbons (Fsp3) is 0.472. The lowest BCUT2D eigenvalue weighted by atomic mass is 9.91. The van der Waals surface area contributed by atoms with Gasteiger partial charge < -0.3 is 45.3 Å². The van der Waals surface area contributed by atoms with Gasteiger partial charge in [-0.05, 0) is 98.4 Å². The maximum absolute atomic E-state index is 12.7. The van der Waals surface area contributed by atoms with Crippen molar-refractivity contribution in [3.05, 3.63) is 142 Å². The summed E-state index contributed by atoms with van der Waals surface area (Å²) in [6.07, 6.45) is -0.226. The minimum Gasteiger partial charge on any atom is -0.382 e. The Kier molecular flexibility index (Phi) is 18.6. The van der Waals surface area contributed by atoms with E-state index in [4.69, 9.17) is 14.2 Å². The third-order valence-electron chi connectivity index (χ3n) is 10.9. The number of ketones is 4. The van der Waals surface area contributed by atoms with Crippen LogP contribution in [0.15, 0.2) is 97.1 Å². The number of aliphatic hydroxyl groups is 4. The van der Waals surface area contributed by atoms with Crippen LogP contribution in [0, 0.1) is 0 Å². The summed E-state index contributed by atoms with van der Waals surface area (Å²) in [5, 5.41) is 48.2. The van der Waals surface area contributed by atoms with E-state index >= 15 is 0 Å². The minimum absolute atomic E-state index is 0.134. The number of nitrogens with one attached hydrogen (secondary N) is 2. The molecule has 3 atom stereocenters. The fourth-order valence-corrected chi connectivity index (χ4v) is 7.18. The van der Waals surface area contributed by atoms with E-state index in [0.717, 1.165) is 22.3 Å². The predicted molar refractivity (Wildman–Crippen MR) is 254 cm³/mol. The summed E-state index contributed by atoms with van der Waals surface area (Å²) in [5.41, 5.74) is -1.07. The van der Waals surface area contributed by atoms with Crippen molar-refractivity contribution in [1.29, 1.82) is 0 Å². The van der Waals surface area contributed by atoms with Gasteiger partial charge in [-0.3, -0.25) is 19.2 Å². The van der Waals surface area contributed by atoms with E-state index in [0.29, 0.717) is 55.3 Å². The molecule has 0 bridgehead atoms. The van der Waals surface area contributed by atoms with Gasteiger partial charge in [0.15, 0.2) is 23.1 Å². The molecule has 4 rings (SSSR count). The van der Waals surface area contributed by atoms with Crippen molar-refractivity contribution < 1.29 is 53.8 Å². The molecule has 13 heteroatoms. The van der Waals surface area contributed by atoms with Crippen molar-refractivity contribution in [3.63, 3.8) is 0 Å². The molecule has 4 aromatic carbocycles. The van der Waals surface area contributed by atoms with Crippen LogP contribution in [0.5, 0.6) is 0 Å². The quantitative estimate of drug-likeness (QED) is 0.0285. The highest BCUT2D eigenvalue weighted by molar-refractivity contribution is 6.03. The monoisotopic (exact) mass is 910 g/mol. The van der Waals surface area contributed by atoms with Gasteiger partial charge in [0, 0.05) is 34.3 Å². The summed E-state index contributed by atoms with van der Waals surface area (Å²) in [4.78, 5) is 50.8. The van der Waals surface area contributed by atoms with E-state index in [1.165, 1.54) is 55.4 Å². The molecule has 0 aliphatic carbocycles. The molecule has 0 saturated heterocycles. The molecule has 358 valence electrons. The zero-order chi connectivity index (χ0) is 49.2. The zero-order valence-electron chi connectivity index (χ0n) is 40.3. The van der Waals surface area contributed by atoms with Crippen molar-refractivity contribution in [2.24, 2.45) is 0 Å². The molecular weight excluding hydrogens is 841 g/mol. The highest BCUT2D eigenvalue weighted by Gasteiger charge is 2.29. The third-order valence-corrected chi connectivity index (χ3v) is 10.9. The van der Waals surface area contributed by atoms with E-state index in [1.807, 2.05) is 69.3 Å². The minimum atomic E-state index is -1.51. The number of hydrogen-bond donors (Lipinski definition) is 6. The summed E-state index contributed by atoms with van der Waals surface area (Å²) in [7, 11) is 0. The lowest BCUT2D eigenvalue weighted by Gasteiger charge is -2.26. The average Bonchev–Trinajstić information content (AvgIpc) is 3.25. The van der Waals surface area contributed by atoms with Crippen LogP contribution in [0.3, 0.4) is 0 Å². The number of rotatable bonds is 26. The van der Waals surface area contributed by atoms with Crippen LogP contribution in [0.1, 0.15) is 152 Å². The average molecular weight is 911 g/mol. The molecule has 0 aliphatic heterocycles. The Morgan fingerprint density at radius 1 is 0.424 bits per heavy atom. The first-order chi connectivity index (χ1) is 30.7. The number of ether oxygens (including phenoxy) is 3. The molecule has 0 fully saturated rings. The molecule has 6 N–H and O–H groups in total. The molecule has 66 heavy (non-hydrogen) atoms. The van der Waals surface area contributed by atoms with Gasteiger partial charge in [0.1, 0.15) is 22.4 Å². The van der Waals surface area contributed by atoms with E-state index < -0.39 is 22.4 Å². The van der Waals surface area contributed by atoms with Crippen LogP contribution in [-0.2, 0) is 14.2 Å². The van der Waals surface area contributed by atoms with E-state index in [2.05, 4.69) is 10.6 Å². The zero-order valence-corrected chi connectivity index (χ0v) is 40.3. The van der Waals surface area contributed by atoms with E-state index in [-0.39, 0.29) is 53.4 Å². The molecule has 0 radical (unpaired) electrons. The van der Waals surface area contributed by atoms with Gasteiger partial charge in [0.05, 0.1) is 51.2 Å². The van der Waals surface area contributed by atoms with Crippen LogP contribution < -0.4 is 10.6 Å². The van der Waals surface area contributed by atoms with Crippen molar-refractivity contribution in [2.45, 2.75) is 129 Å². The van der Waals surface area contributed by atoms with E-state index in [9.17, 15) is 39.6 Å². The highest BCUT2D eigenvalue weighted by atomic mass is 16.5. The maximum Gasteiger partial charge on any atom is 0.193 e. The third kappa shape index (κ3) is 15.6. The molecule has 0 aliphatic rings. The van der Waals surface area contributed by atoms with Gasteiger partial charge >= 0.3 is 0 Å². The summed E-state index contributed by atoms with van der Waals surface area (Å²) >= 11 is 0. The largest absolute Gasteiger partial charge is 0.382 e. The SMILES string of the molecule is CC(COCCOC(C)COCC(C)NC(c1ccc(C(=O)C(C)(C)O)cc1)c1ccc(C(=O)C(C)(C)O)cc1)NC(c1ccc(C(=O)C(C)(C)O)cc1)c1ccc(C(=O)C(C)(C)O)cc1. The molecule has 0 heterocycles. The summed E-state index contributed by atoms with van der Waals surface area (Å²) in [6.45, 7) is 19.2. The normalized spacial score (nSPS) is 14.0. The summed E-state index contributed by atoms with van der Waals surface area (Å²) in [5.74, 6) is -1.55. The highest BCUT2D eigenvalue weighted by Crippen LogP contribution is 2.28. The second kappa shape index (κ2) is 22.8. The van der Waals surface area contributed by atoms with Gasteiger partial charge in [0.25, 0.3) is 0 Å². The van der Waals surface area contributed by atoms with Crippen LogP contribution >= 0.6 is 0 Å². The molecule has 4 aromatic rings. The number of carbonyl (C=O) groups is 4. The van der Waals surface area contributed by atoms with Crippen molar-refractivity contribution in [1.82, 2.24) is 10.6 Å². The van der Waals surface area contributed by atoms with Crippen molar-refractivity contribution in [2.75, 3.05) is 33.0 Å². The first-order valence-corrected chi connectivity index (χ1v) is 22.4. The van der Waals surface area contributed by atoms with Crippen molar-refractivity contribution in [3.8, 4) is 0 Å². The molecule has 3 unspecified atom stereocenters. The molecule has 0 aromatic heterocycles. The van der Waals surface area contributed by atoms with Gasteiger partial charge in [-0.1, -0.05) is 97.1 Å². The van der Waals surface area contributed by atoms with Gasteiger partial charge in [0.2, 0.25) is 0 Å². The molecule has 13 nitrogen and oxygen atoms in total. The first-order valence-electron chi connectivity index (χ1n) is 22.4. The van der Waals surface area contributed by atoms with Gasteiger partial charge in [-0.25, -0.2) is 0 Å². The smallest absolute Gasteiger partial charge is 0.193 e. The van der Waals surface area contributed by atoms with Crippen LogP contribution in [0.4, 0.5) is 0 Å². The summed E-state index contributed by atoms with van der Waals surface area (Å²) in [6, 6.07) is 27.2. The molecule has 0 spiro atoms. The van der Waals surface area contributed by atoms with Crippen molar-refractivity contribution >= 4 is 23.1 Å². The van der Waals surface area contributed by atoms with E-state index in [1.54, 1.807) is 48.5 Å². The maximum atomic E-state index is 12.7. The van der Waals surface area contributed by atoms with Gasteiger partial charge in [-0.15, -0.1) is 0 Å². The Labute approximate surface area is 389 Å². The number of carbonyl (C=O) groups excluding carboxylic acids is 4. The Hall–Kier alpha value is -4.80. The first kappa shape index (κ1) is 53.8. The molecule has 0 saturated carbocycles. The standard InChI is InChI=1S/C53H70N2O11/c1-33(54-44(36-12-20-40(21-13-36)46(56)50(4,5)60)37-14-22-41(23-15-37)47(57)51(6,7)61)30-64-28-29-66-35(3)32-65-31-34(2)55-45(38-16-24-42(25-17-38)48(58)52(8,9)62)39-18-26-43(27-19-39)49(59)53(10,11)63/h12-27,33-35,44-45,54-55,60-63H,28-32H2,1-11H3. The lowest BCUT2D eigenvalue weighted by Crippen LogP contribution is -2.36. The second-order valence-electron chi connectivity index (χ2n) is 19.3. The Morgan fingerprint density at radius 2 is 0.682 bits per heavy atom. The molecule has 0 amide bonds. The fourth-order valence-electron chi connectivity index (χ4n) is 7.18. The lowest BCUT2D eigenvalue weighted by molar-refractivity contribution is -0.0342.